The summed E-state index contributed by atoms with van der Waals surface area (Å²) in [6, 6.07) is 0. The molecule has 0 bridgehead atoms. The lowest BCUT2D eigenvalue weighted by atomic mass is 9.99. The Labute approximate surface area is 202 Å². The second-order valence-corrected chi connectivity index (χ2v) is 8.80. The first-order chi connectivity index (χ1) is 16.3. The average molecular weight is 493 g/mol. The van der Waals surface area contributed by atoms with Crippen LogP contribution in [0.25, 0.3) is 0 Å². The molecule has 1 fully saturated rings. The molecule has 0 amide bonds. The standard InChI is InChI=1S/C24H44O10/c1-3-5-7-9-11-13-20(27)33-17(15-31-19(26)12-10-8-6-4-2)16-32-24-23(30)22(29)21(28)18(14-25)34-24/h17-18,21-25,28-30H,3-16H2,1-2H3/t17-,18-,21+,22+,23-,24-/m1/s1. The third kappa shape index (κ3) is 11.9. The lowest BCUT2D eigenvalue weighted by Crippen LogP contribution is -2.59. The summed E-state index contributed by atoms with van der Waals surface area (Å²) < 4.78 is 21.5. The van der Waals surface area contributed by atoms with Crippen molar-refractivity contribution in [2.45, 2.75) is 121 Å². The van der Waals surface area contributed by atoms with Gasteiger partial charge in [0.1, 0.15) is 31.0 Å². The van der Waals surface area contributed by atoms with Crippen LogP contribution in [0.15, 0.2) is 0 Å². The van der Waals surface area contributed by atoms with E-state index < -0.39 is 55.4 Å². The van der Waals surface area contributed by atoms with E-state index >= 15 is 0 Å². The third-order valence-corrected chi connectivity index (χ3v) is 5.74. The van der Waals surface area contributed by atoms with Gasteiger partial charge in [0.15, 0.2) is 12.4 Å². The molecule has 0 aromatic carbocycles. The highest BCUT2D eigenvalue weighted by Crippen LogP contribution is 2.22. The van der Waals surface area contributed by atoms with Gasteiger partial charge in [0.2, 0.25) is 0 Å². The summed E-state index contributed by atoms with van der Waals surface area (Å²) in [5, 5.41) is 39.2. The summed E-state index contributed by atoms with van der Waals surface area (Å²) in [6.45, 7) is 3.12. The van der Waals surface area contributed by atoms with Gasteiger partial charge in [0.25, 0.3) is 0 Å². The third-order valence-electron chi connectivity index (χ3n) is 5.74. The molecule has 10 heteroatoms. The highest BCUT2D eigenvalue weighted by Gasteiger charge is 2.44. The smallest absolute Gasteiger partial charge is 0.306 e. The predicted molar refractivity (Wildman–Crippen MR) is 123 cm³/mol. The monoisotopic (exact) mass is 492 g/mol. The van der Waals surface area contributed by atoms with E-state index in [2.05, 4.69) is 13.8 Å². The molecule has 1 rings (SSSR count). The summed E-state index contributed by atoms with van der Waals surface area (Å²) in [5.74, 6) is -0.845. The molecular weight excluding hydrogens is 448 g/mol. The molecule has 1 saturated heterocycles. The van der Waals surface area contributed by atoms with Gasteiger partial charge in [-0.25, -0.2) is 0 Å². The van der Waals surface area contributed by atoms with Crippen LogP contribution in [0.5, 0.6) is 0 Å². The van der Waals surface area contributed by atoms with Crippen molar-refractivity contribution in [2.24, 2.45) is 0 Å². The molecule has 0 radical (unpaired) electrons. The Morgan fingerprint density at radius 3 is 2.00 bits per heavy atom. The fourth-order valence-electron chi connectivity index (χ4n) is 3.60. The van der Waals surface area contributed by atoms with Crippen molar-refractivity contribution < 1.29 is 49.0 Å². The Hall–Kier alpha value is -1.30. The maximum Gasteiger partial charge on any atom is 0.306 e. The molecule has 4 N–H and O–H groups in total. The van der Waals surface area contributed by atoms with Gasteiger partial charge < -0.3 is 39.4 Å². The lowest BCUT2D eigenvalue weighted by Gasteiger charge is -2.39. The average Bonchev–Trinajstić information content (AvgIpc) is 2.83. The van der Waals surface area contributed by atoms with Crippen LogP contribution in [0.1, 0.15) is 84.5 Å². The van der Waals surface area contributed by atoms with Crippen LogP contribution in [0.3, 0.4) is 0 Å². The Bertz CT molecular complexity index is 556. The summed E-state index contributed by atoms with van der Waals surface area (Å²) in [7, 11) is 0. The highest BCUT2D eigenvalue weighted by atomic mass is 16.7. The number of aliphatic hydroxyl groups excluding tert-OH is 4. The van der Waals surface area contributed by atoms with E-state index in [-0.39, 0.29) is 26.1 Å². The second-order valence-electron chi connectivity index (χ2n) is 8.80. The van der Waals surface area contributed by atoms with Crippen molar-refractivity contribution in [1.82, 2.24) is 0 Å². The quantitative estimate of drug-likeness (QED) is 0.164. The van der Waals surface area contributed by atoms with Crippen molar-refractivity contribution in [3.05, 3.63) is 0 Å². The van der Waals surface area contributed by atoms with Gasteiger partial charge >= 0.3 is 11.9 Å². The van der Waals surface area contributed by atoms with Crippen molar-refractivity contribution in [2.75, 3.05) is 19.8 Å². The van der Waals surface area contributed by atoms with E-state index in [1.165, 1.54) is 0 Å². The van der Waals surface area contributed by atoms with Gasteiger partial charge in [-0.1, -0.05) is 58.8 Å². The summed E-state index contributed by atoms with van der Waals surface area (Å²) in [5.41, 5.74) is 0. The molecule has 0 saturated carbocycles. The molecule has 10 nitrogen and oxygen atoms in total. The first-order valence-corrected chi connectivity index (χ1v) is 12.6. The van der Waals surface area contributed by atoms with Crippen LogP contribution < -0.4 is 0 Å². The number of carbonyl (C=O) groups is 2. The van der Waals surface area contributed by atoms with Gasteiger partial charge in [0.05, 0.1) is 13.2 Å². The summed E-state index contributed by atoms with van der Waals surface area (Å²) in [6.07, 6.45) is 1.03. The van der Waals surface area contributed by atoms with Gasteiger partial charge in [-0.2, -0.15) is 0 Å². The molecule has 0 aromatic rings. The highest BCUT2D eigenvalue weighted by molar-refractivity contribution is 5.70. The Balaban J connectivity index is 2.59. The van der Waals surface area contributed by atoms with E-state index in [0.29, 0.717) is 6.42 Å². The number of unbranched alkanes of at least 4 members (excludes halogenated alkanes) is 7. The zero-order valence-electron chi connectivity index (χ0n) is 20.6. The number of esters is 2. The van der Waals surface area contributed by atoms with Crippen molar-refractivity contribution >= 4 is 11.9 Å². The fraction of sp³-hybridized carbons (Fsp3) is 0.917. The van der Waals surface area contributed by atoms with Gasteiger partial charge in [-0.15, -0.1) is 0 Å². The first kappa shape index (κ1) is 30.7. The van der Waals surface area contributed by atoms with E-state index in [9.17, 15) is 30.0 Å². The zero-order valence-corrected chi connectivity index (χ0v) is 20.6. The maximum atomic E-state index is 12.3. The number of hydrogen-bond acceptors (Lipinski definition) is 10. The van der Waals surface area contributed by atoms with Crippen molar-refractivity contribution in [3.8, 4) is 0 Å². The van der Waals surface area contributed by atoms with Crippen LogP contribution in [0, 0.1) is 0 Å². The van der Waals surface area contributed by atoms with Crippen LogP contribution in [-0.4, -0.2) is 89.0 Å². The molecule has 0 aliphatic carbocycles. The maximum absolute atomic E-state index is 12.3. The first-order valence-electron chi connectivity index (χ1n) is 12.6. The Morgan fingerprint density at radius 1 is 0.794 bits per heavy atom. The number of rotatable bonds is 18. The normalized spacial score (nSPS) is 25.6. The zero-order chi connectivity index (χ0) is 25.3. The largest absolute Gasteiger partial charge is 0.462 e. The molecule has 1 aliphatic heterocycles. The molecule has 1 aliphatic rings. The topological polar surface area (TPSA) is 152 Å². The van der Waals surface area contributed by atoms with Crippen molar-refractivity contribution in [3.63, 3.8) is 0 Å². The number of hydrogen-bond donors (Lipinski definition) is 4. The molecule has 0 aromatic heterocycles. The summed E-state index contributed by atoms with van der Waals surface area (Å²) in [4.78, 5) is 24.3. The second kappa shape index (κ2) is 18.0. The van der Waals surface area contributed by atoms with E-state index in [4.69, 9.17) is 18.9 Å². The molecule has 0 spiro atoms. The molecule has 34 heavy (non-hydrogen) atoms. The van der Waals surface area contributed by atoms with Gasteiger partial charge in [0, 0.05) is 12.8 Å². The minimum absolute atomic E-state index is 0.217. The minimum Gasteiger partial charge on any atom is -0.462 e. The Morgan fingerprint density at radius 2 is 1.38 bits per heavy atom. The fourth-order valence-corrected chi connectivity index (χ4v) is 3.60. The SMILES string of the molecule is CCCCCCCC(=O)O[C@H](COC(=O)CCCCCC)CO[C@@H]1O[C@H](CO)[C@H](O)[C@H](O)[C@H]1O. The lowest BCUT2D eigenvalue weighted by molar-refractivity contribution is -0.305. The number of aliphatic hydroxyl groups is 4. The molecule has 200 valence electrons. The molecule has 1 heterocycles. The summed E-state index contributed by atoms with van der Waals surface area (Å²) >= 11 is 0. The van der Waals surface area contributed by atoms with Gasteiger partial charge in [-0.05, 0) is 12.8 Å². The number of ether oxygens (including phenoxy) is 4. The van der Waals surface area contributed by atoms with Crippen LogP contribution in [0.2, 0.25) is 0 Å². The van der Waals surface area contributed by atoms with Crippen LogP contribution in [-0.2, 0) is 28.5 Å². The Kier molecular flexibility index (Phi) is 16.3. The van der Waals surface area contributed by atoms with E-state index in [0.717, 1.165) is 51.4 Å². The van der Waals surface area contributed by atoms with Crippen LogP contribution in [0.4, 0.5) is 0 Å². The predicted octanol–water partition coefficient (Wildman–Crippen LogP) is 1.59. The van der Waals surface area contributed by atoms with E-state index in [1.807, 2.05) is 0 Å². The van der Waals surface area contributed by atoms with E-state index in [1.54, 1.807) is 0 Å². The molecule has 6 atom stereocenters. The molecule has 0 unspecified atom stereocenters. The molecular formula is C24H44O10. The van der Waals surface area contributed by atoms with Gasteiger partial charge in [-0.3, -0.25) is 9.59 Å². The number of carbonyl (C=O) groups excluding carboxylic acids is 2. The minimum atomic E-state index is -1.58. The van der Waals surface area contributed by atoms with Crippen LogP contribution >= 0.6 is 0 Å². The van der Waals surface area contributed by atoms with Crippen molar-refractivity contribution in [1.29, 1.82) is 0 Å².